The standard InChI is InChI=1S/C27H27F3/c1-3-18-8-13-22(16-25(18)28)19-9-11-21(12-10-19)24-15-14-23(26(29)27(24)30)20-6-4-17(2)5-7-20/h4-8,13-16,19,21H,3,9-12H2,1-2H3. The average molecular weight is 409 g/mol. The first-order valence-corrected chi connectivity index (χ1v) is 10.8. The third kappa shape index (κ3) is 4.03. The van der Waals surface area contributed by atoms with Crippen molar-refractivity contribution < 1.29 is 13.2 Å². The van der Waals surface area contributed by atoms with Crippen LogP contribution in [-0.2, 0) is 6.42 Å². The summed E-state index contributed by atoms with van der Waals surface area (Å²) in [4.78, 5) is 0. The molecular weight excluding hydrogens is 381 g/mol. The Balaban J connectivity index is 1.50. The molecule has 156 valence electrons. The van der Waals surface area contributed by atoms with Gasteiger partial charge in [-0.1, -0.05) is 61.0 Å². The summed E-state index contributed by atoms with van der Waals surface area (Å²) in [5.41, 5.74) is 4.29. The fraction of sp³-hybridized carbons (Fsp3) is 0.333. The predicted molar refractivity (Wildman–Crippen MR) is 116 cm³/mol. The van der Waals surface area contributed by atoms with Crippen LogP contribution < -0.4 is 0 Å². The Morgan fingerprint density at radius 1 is 0.767 bits per heavy atom. The Hall–Kier alpha value is -2.55. The van der Waals surface area contributed by atoms with Crippen LogP contribution in [0.1, 0.15) is 66.7 Å². The normalized spacial score (nSPS) is 19.1. The van der Waals surface area contributed by atoms with Crippen molar-refractivity contribution in [3.05, 3.63) is 94.3 Å². The second kappa shape index (κ2) is 8.67. The minimum absolute atomic E-state index is 0.00239. The lowest BCUT2D eigenvalue weighted by Crippen LogP contribution is -2.14. The Bertz CT molecular complexity index is 1030. The van der Waals surface area contributed by atoms with Gasteiger partial charge in [-0.15, -0.1) is 0 Å². The van der Waals surface area contributed by atoms with Crippen molar-refractivity contribution in [3.8, 4) is 11.1 Å². The van der Waals surface area contributed by atoms with Crippen LogP contribution in [0.15, 0.2) is 54.6 Å². The van der Waals surface area contributed by atoms with E-state index in [4.69, 9.17) is 0 Å². The maximum Gasteiger partial charge on any atom is 0.166 e. The van der Waals surface area contributed by atoms with Crippen molar-refractivity contribution in [2.75, 3.05) is 0 Å². The topological polar surface area (TPSA) is 0 Å². The fourth-order valence-corrected chi connectivity index (χ4v) is 4.68. The summed E-state index contributed by atoms with van der Waals surface area (Å²) in [5.74, 6) is -1.36. The van der Waals surface area contributed by atoms with Gasteiger partial charge in [0.1, 0.15) is 5.82 Å². The highest BCUT2D eigenvalue weighted by Gasteiger charge is 2.27. The van der Waals surface area contributed by atoms with Crippen molar-refractivity contribution in [1.29, 1.82) is 0 Å². The number of hydrogen-bond donors (Lipinski definition) is 0. The first kappa shape index (κ1) is 20.7. The second-order valence-corrected chi connectivity index (χ2v) is 8.45. The van der Waals surface area contributed by atoms with E-state index in [0.717, 1.165) is 42.4 Å². The largest absolute Gasteiger partial charge is 0.207 e. The van der Waals surface area contributed by atoms with Crippen LogP contribution in [0.25, 0.3) is 11.1 Å². The maximum absolute atomic E-state index is 14.9. The molecule has 0 radical (unpaired) electrons. The zero-order valence-electron chi connectivity index (χ0n) is 17.5. The molecule has 4 rings (SSSR count). The molecule has 0 aliphatic heterocycles. The van der Waals surface area contributed by atoms with Gasteiger partial charge in [0, 0.05) is 5.56 Å². The van der Waals surface area contributed by atoms with E-state index in [0.29, 0.717) is 23.1 Å². The van der Waals surface area contributed by atoms with Gasteiger partial charge in [-0.3, -0.25) is 0 Å². The van der Waals surface area contributed by atoms with Gasteiger partial charge < -0.3 is 0 Å². The van der Waals surface area contributed by atoms with Crippen LogP contribution in [0.2, 0.25) is 0 Å². The molecule has 3 heteroatoms. The van der Waals surface area contributed by atoms with Gasteiger partial charge in [-0.05, 0) is 79.2 Å². The molecule has 0 nitrogen and oxygen atoms in total. The van der Waals surface area contributed by atoms with E-state index in [-0.39, 0.29) is 17.7 Å². The van der Waals surface area contributed by atoms with Crippen LogP contribution in [0.5, 0.6) is 0 Å². The lowest BCUT2D eigenvalue weighted by molar-refractivity contribution is 0.381. The minimum Gasteiger partial charge on any atom is -0.207 e. The molecule has 0 amide bonds. The molecule has 0 bridgehead atoms. The van der Waals surface area contributed by atoms with E-state index in [1.165, 1.54) is 0 Å². The first-order chi connectivity index (χ1) is 14.5. The lowest BCUT2D eigenvalue weighted by Gasteiger charge is -2.29. The summed E-state index contributed by atoms with van der Waals surface area (Å²) in [7, 11) is 0. The van der Waals surface area contributed by atoms with Crippen LogP contribution in [-0.4, -0.2) is 0 Å². The Morgan fingerprint density at radius 3 is 2.07 bits per heavy atom. The molecule has 0 saturated heterocycles. The van der Waals surface area contributed by atoms with Crippen LogP contribution >= 0.6 is 0 Å². The van der Waals surface area contributed by atoms with E-state index in [2.05, 4.69) is 0 Å². The van der Waals surface area contributed by atoms with Crippen molar-refractivity contribution in [1.82, 2.24) is 0 Å². The fourth-order valence-electron chi connectivity index (χ4n) is 4.68. The molecule has 30 heavy (non-hydrogen) atoms. The van der Waals surface area contributed by atoms with Gasteiger partial charge in [-0.25, -0.2) is 13.2 Å². The molecule has 0 atom stereocenters. The van der Waals surface area contributed by atoms with Gasteiger partial charge in [-0.2, -0.15) is 0 Å². The van der Waals surface area contributed by atoms with Crippen molar-refractivity contribution in [2.45, 2.75) is 57.8 Å². The molecule has 0 aromatic heterocycles. The van der Waals surface area contributed by atoms with Crippen LogP contribution in [0, 0.1) is 24.4 Å². The Morgan fingerprint density at radius 2 is 1.43 bits per heavy atom. The second-order valence-electron chi connectivity index (χ2n) is 8.45. The molecule has 0 N–H and O–H groups in total. The smallest absolute Gasteiger partial charge is 0.166 e. The van der Waals surface area contributed by atoms with E-state index in [1.807, 2.05) is 50.2 Å². The molecule has 3 aromatic rings. The lowest BCUT2D eigenvalue weighted by atomic mass is 9.75. The zero-order chi connectivity index (χ0) is 21.3. The Kier molecular flexibility index (Phi) is 5.99. The summed E-state index contributed by atoms with van der Waals surface area (Å²) in [5, 5.41) is 0. The molecule has 3 aromatic carbocycles. The molecule has 0 unspecified atom stereocenters. The Labute approximate surface area is 176 Å². The highest BCUT2D eigenvalue weighted by molar-refractivity contribution is 5.65. The van der Waals surface area contributed by atoms with Crippen molar-refractivity contribution >= 4 is 0 Å². The summed E-state index contributed by atoms with van der Waals surface area (Å²) < 4.78 is 43.9. The summed E-state index contributed by atoms with van der Waals surface area (Å²) >= 11 is 0. The van der Waals surface area contributed by atoms with Gasteiger partial charge in [0.2, 0.25) is 0 Å². The highest BCUT2D eigenvalue weighted by atomic mass is 19.2. The van der Waals surface area contributed by atoms with E-state index in [9.17, 15) is 13.2 Å². The van der Waals surface area contributed by atoms with Crippen LogP contribution in [0.3, 0.4) is 0 Å². The summed E-state index contributed by atoms with van der Waals surface area (Å²) in [6.07, 6.45) is 3.96. The molecule has 1 aliphatic carbocycles. The number of hydrogen-bond acceptors (Lipinski definition) is 0. The molecular formula is C27H27F3. The zero-order valence-corrected chi connectivity index (χ0v) is 17.5. The molecule has 1 aliphatic rings. The predicted octanol–water partition coefficient (Wildman–Crippen LogP) is 8.08. The van der Waals surface area contributed by atoms with Gasteiger partial charge >= 0.3 is 0 Å². The highest BCUT2D eigenvalue weighted by Crippen LogP contribution is 2.42. The SMILES string of the molecule is CCc1ccc(C2CCC(c3ccc(-c4ccc(C)cc4)c(F)c3F)CC2)cc1F. The van der Waals surface area contributed by atoms with E-state index in [1.54, 1.807) is 18.2 Å². The number of halogens is 3. The third-order valence-electron chi connectivity index (χ3n) is 6.57. The third-order valence-corrected chi connectivity index (χ3v) is 6.57. The molecule has 1 fully saturated rings. The number of rotatable bonds is 4. The summed E-state index contributed by atoms with van der Waals surface area (Å²) in [6.45, 7) is 3.91. The van der Waals surface area contributed by atoms with E-state index < -0.39 is 11.6 Å². The monoisotopic (exact) mass is 408 g/mol. The van der Waals surface area contributed by atoms with Crippen LogP contribution in [0.4, 0.5) is 13.2 Å². The first-order valence-electron chi connectivity index (χ1n) is 10.8. The summed E-state index contributed by atoms with van der Waals surface area (Å²) in [6, 6.07) is 16.4. The van der Waals surface area contributed by atoms with E-state index >= 15 is 0 Å². The van der Waals surface area contributed by atoms with Crippen molar-refractivity contribution in [3.63, 3.8) is 0 Å². The van der Waals surface area contributed by atoms with Gasteiger partial charge in [0.25, 0.3) is 0 Å². The number of aryl methyl sites for hydroxylation is 2. The molecule has 1 saturated carbocycles. The van der Waals surface area contributed by atoms with Crippen molar-refractivity contribution in [2.24, 2.45) is 0 Å². The molecule has 0 heterocycles. The minimum atomic E-state index is -0.768. The van der Waals surface area contributed by atoms with Gasteiger partial charge in [0.15, 0.2) is 11.6 Å². The average Bonchev–Trinajstić information content (AvgIpc) is 2.76. The molecule has 0 spiro atoms. The number of benzene rings is 3. The van der Waals surface area contributed by atoms with Gasteiger partial charge in [0.05, 0.1) is 0 Å². The quantitative estimate of drug-likeness (QED) is 0.409. The maximum atomic E-state index is 14.9.